The van der Waals surface area contributed by atoms with E-state index in [2.05, 4.69) is 15.1 Å². The largest absolute Gasteiger partial charge is 0.507 e. The minimum Gasteiger partial charge on any atom is -0.507 e. The van der Waals surface area contributed by atoms with Crippen LogP contribution in [0.4, 0.5) is 5.82 Å². The molecule has 28 heavy (non-hydrogen) atoms. The molecule has 0 saturated heterocycles. The van der Waals surface area contributed by atoms with Crippen molar-refractivity contribution in [1.29, 1.82) is 5.53 Å². The van der Waals surface area contributed by atoms with Crippen LogP contribution < -0.4 is 5.43 Å². The number of nitrogens with one attached hydrogen (secondary N) is 2. The lowest BCUT2D eigenvalue weighted by molar-refractivity contribution is 0.488. The van der Waals surface area contributed by atoms with Crippen molar-refractivity contribution in [2.75, 3.05) is 0 Å². The molecule has 5 rings (SSSR count). The molecule has 0 spiro atoms. The van der Waals surface area contributed by atoms with Crippen LogP contribution in [-0.4, -0.2) is 15.1 Å². The number of aromatic amines is 1. The number of aromatic nitrogens is 2. The van der Waals surface area contributed by atoms with E-state index in [0.717, 1.165) is 5.56 Å². The lowest BCUT2D eigenvalue weighted by atomic mass is 9.99. The maximum absolute atomic E-state index is 13.3. The van der Waals surface area contributed by atoms with Crippen LogP contribution in [0.5, 0.6) is 5.75 Å². The first-order chi connectivity index (χ1) is 13.7. The minimum atomic E-state index is -0.189. The second-order valence-corrected chi connectivity index (χ2v) is 6.52. The highest BCUT2D eigenvalue weighted by atomic mass is 16.3. The van der Waals surface area contributed by atoms with E-state index in [0.29, 0.717) is 38.3 Å². The molecule has 0 radical (unpaired) electrons. The first-order valence-corrected chi connectivity index (χ1v) is 8.72. The van der Waals surface area contributed by atoms with Crippen molar-refractivity contribution in [2.45, 2.75) is 0 Å². The Labute approximate surface area is 158 Å². The molecule has 134 valence electrons. The number of benzene rings is 4. The number of H-pyrrole nitrogens is 1. The summed E-state index contributed by atoms with van der Waals surface area (Å²) in [7, 11) is 0. The van der Waals surface area contributed by atoms with Crippen LogP contribution in [-0.2, 0) is 0 Å². The fourth-order valence-corrected chi connectivity index (χ4v) is 3.65. The van der Waals surface area contributed by atoms with Crippen molar-refractivity contribution in [3.05, 3.63) is 77.0 Å². The fourth-order valence-electron chi connectivity index (χ4n) is 3.65. The molecule has 0 aliphatic rings. The molecule has 0 aliphatic heterocycles. The smallest absolute Gasteiger partial charge is 0.196 e. The normalized spacial score (nSPS) is 11.3. The number of hydrogen-bond acceptors (Lipinski definition) is 5. The molecule has 0 fully saturated rings. The van der Waals surface area contributed by atoms with Gasteiger partial charge in [-0.05, 0) is 12.1 Å². The van der Waals surface area contributed by atoms with E-state index in [9.17, 15) is 9.90 Å². The third-order valence-electron chi connectivity index (χ3n) is 4.97. The fraction of sp³-hybridized carbons (Fsp3) is 0. The van der Waals surface area contributed by atoms with Crippen LogP contribution >= 0.6 is 0 Å². The Kier molecular flexibility index (Phi) is 3.45. The summed E-state index contributed by atoms with van der Waals surface area (Å²) in [4.78, 5) is 20.9. The lowest BCUT2D eigenvalue weighted by Gasteiger charge is -2.11. The monoisotopic (exact) mass is 366 g/mol. The minimum absolute atomic E-state index is 0.0583. The molecule has 1 heterocycles. The zero-order valence-corrected chi connectivity index (χ0v) is 14.6. The molecule has 4 aromatic carbocycles. The number of phenolic OH excluding ortho intramolecular Hbond substituents is 1. The first-order valence-electron chi connectivity index (χ1n) is 8.72. The molecule has 0 bridgehead atoms. The summed E-state index contributed by atoms with van der Waals surface area (Å²) in [6, 6.07) is 19.8. The average Bonchev–Trinajstić information content (AvgIpc) is 2.76. The zero-order valence-electron chi connectivity index (χ0n) is 14.6. The maximum atomic E-state index is 13.3. The second-order valence-electron chi connectivity index (χ2n) is 6.52. The molecule has 0 atom stereocenters. The van der Waals surface area contributed by atoms with Crippen LogP contribution in [0.2, 0.25) is 0 Å². The Bertz CT molecular complexity index is 1460. The van der Waals surface area contributed by atoms with E-state index in [1.807, 2.05) is 30.3 Å². The molecule has 0 aliphatic carbocycles. The van der Waals surface area contributed by atoms with Crippen LogP contribution in [0.1, 0.15) is 0 Å². The highest BCUT2D eigenvalue weighted by Gasteiger charge is 2.17. The Balaban J connectivity index is 2.02. The molecular weight excluding hydrogens is 352 g/mol. The third kappa shape index (κ3) is 2.21. The highest BCUT2D eigenvalue weighted by molar-refractivity contribution is 6.15. The standard InChI is InChI=1S/C22H14N4O2/c23-26-22-16-11-10-15-17(20(28)14-9-5-4-8-13(14)19(15)27)18(16)24-21(25-22)12-6-2-1-3-7-12/h1-11,23,27H,(H,24,25). The molecule has 0 saturated carbocycles. The lowest BCUT2D eigenvalue weighted by Crippen LogP contribution is -2.04. The Morgan fingerprint density at radius 1 is 0.857 bits per heavy atom. The first kappa shape index (κ1) is 16.1. The highest BCUT2D eigenvalue weighted by Crippen LogP contribution is 2.36. The number of nitrogens with zero attached hydrogens (tertiary/aromatic N) is 2. The van der Waals surface area contributed by atoms with Gasteiger partial charge < -0.3 is 10.1 Å². The third-order valence-corrected chi connectivity index (χ3v) is 4.97. The van der Waals surface area contributed by atoms with E-state index in [1.165, 1.54) is 0 Å². The molecule has 3 N–H and O–H groups in total. The summed E-state index contributed by atoms with van der Waals surface area (Å²) in [5, 5.41) is 16.7. The van der Waals surface area contributed by atoms with Crippen molar-refractivity contribution in [1.82, 2.24) is 9.97 Å². The van der Waals surface area contributed by atoms with Crippen molar-refractivity contribution in [3.63, 3.8) is 0 Å². The molecule has 0 unspecified atom stereocenters. The SMILES string of the molecule is N=Nc1nc(-c2ccccc2)[nH]c2c1ccc1c(O)c3ccccc3c(=O)c12. The van der Waals surface area contributed by atoms with Gasteiger partial charge in [0.05, 0.1) is 10.9 Å². The maximum Gasteiger partial charge on any atom is 0.196 e. The van der Waals surface area contributed by atoms with Crippen LogP contribution in [0.15, 0.2) is 76.6 Å². The number of rotatable bonds is 2. The van der Waals surface area contributed by atoms with Gasteiger partial charge in [-0.15, -0.1) is 5.11 Å². The van der Waals surface area contributed by atoms with E-state index in [-0.39, 0.29) is 17.0 Å². The Morgan fingerprint density at radius 2 is 1.54 bits per heavy atom. The van der Waals surface area contributed by atoms with Gasteiger partial charge in [-0.2, -0.15) is 0 Å². The summed E-state index contributed by atoms with van der Waals surface area (Å²) in [5.41, 5.74) is 8.66. The van der Waals surface area contributed by atoms with E-state index < -0.39 is 0 Å². The quantitative estimate of drug-likeness (QED) is 0.225. The van der Waals surface area contributed by atoms with Gasteiger partial charge in [-0.1, -0.05) is 54.6 Å². The van der Waals surface area contributed by atoms with Gasteiger partial charge in [0.2, 0.25) is 0 Å². The molecule has 5 aromatic rings. The molecule has 1 aromatic heterocycles. The van der Waals surface area contributed by atoms with Gasteiger partial charge in [-0.3, -0.25) is 4.79 Å². The van der Waals surface area contributed by atoms with Gasteiger partial charge >= 0.3 is 0 Å². The summed E-state index contributed by atoms with van der Waals surface area (Å²) in [6.45, 7) is 0. The average molecular weight is 366 g/mol. The van der Waals surface area contributed by atoms with E-state index in [4.69, 9.17) is 5.53 Å². The predicted octanol–water partition coefficient (Wildman–Crippen LogP) is 5.26. The zero-order chi connectivity index (χ0) is 19.3. The van der Waals surface area contributed by atoms with E-state index in [1.54, 1.807) is 36.4 Å². The van der Waals surface area contributed by atoms with Crippen LogP contribution in [0.3, 0.4) is 0 Å². The van der Waals surface area contributed by atoms with Gasteiger partial charge in [0, 0.05) is 27.1 Å². The number of hydrogen-bond donors (Lipinski definition) is 3. The molecule has 6 heteroatoms. The van der Waals surface area contributed by atoms with Crippen molar-refractivity contribution < 1.29 is 5.11 Å². The van der Waals surface area contributed by atoms with Crippen molar-refractivity contribution in [2.24, 2.45) is 5.11 Å². The summed E-state index contributed by atoms with van der Waals surface area (Å²) in [5.74, 6) is 0.767. The van der Waals surface area contributed by atoms with Gasteiger partial charge in [0.25, 0.3) is 0 Å². The predicted molar refractivity (Wildman–Crippen MR) is 109 cm³/mol. The molecule has 6 nitrogen and oxygen atoms in total. The van der Waals surface area contributed by atoms with Crippen molar-refractivity contribution in [3.8, 4) is 17.1 Å². The Morgan fingerprint density at radius 3 is 2.29 bits per heavy atom. The van der Waals surface area contributed by atoms with Crippen LogP contribution in [0.25, 0.3) is 43.8 Å². The van der Waals surface area contributed by atoms with Crippen LogP contribution in [0, 0.1) is 5.53 Å². The molecular formula is C22H14N4O2. The summed E-state index contributed by atoms with van der Waals surface area (Å²) in [6.07, 6.45) is 0. The number of phenols is 1. The van der Waals surface area contributed by atoms with Gasteiger partial charge in [0.1, 0.15) is 11.6 Å². The number of fused-ring (bicyclic) bond motifs is 4. The summed E-state index contributed by atoms with van der Waals surface area (Å²) >= 11 is 0. The van der Waals surface area contributed by atoms with Crippen molar-refractivity contribution >= 4 is 38.3 Å². The second kappa shape index (κ2) is 5.99. The Hall–Kier alpha value is -4.06. The van der Waals surface area contributed by atoms with Gasteiger partial charge in [0.15, 0.2) is 11.2 Å². The molecule has 0 amide bonds. The van der Waals surface area contributed by atoms with E-state index >= 15 is 0 Å². The topological polar surface area (TPSA) is 102 Å². The van der Waals surface area contributed by atoms with Gasteiger partial charge in [-0.25, -0.2) is 10.5 Å². The number of aromatic hydroxyl groups is 1. The summed E-state index contributed by atoms with van der Waals surface area (Å²) < 4.78 is 0.